The van der Waals surface area contributed by atoms with Crippen LogP contribution in [0.4, 0.5) is 0 Å². The molecular weight excluding hydrogens is 368 g/mol. The zero-order chi connectivity index (χ0) is 20.0. The van der Waals surface area contributed by atoms with Crippen molar-refractivity contribution in [2.75, 3.05) is 13.7 Å². The maximum atomic E-state index is 13.4. The third-order valence-corrected chi connectivity index (χ3v) is 6.04. The van der Waals surface area contributed by atoms with E-state index in [1.807, 2.05) is 24.1 Å². The number of ether oxygens (including phenoxy) is 1. The Labute approximate surface area is 169 Å². The van der Waals surface area contributed by atoms with Gasteiger partial charge < -0.3 is 19.1 Å². The van der Waals surface area contributed by atoms with Crippen LogP contribution in [0.5, 0.6) is 0 Å². The summed E-state index contributed by atoms with van der Waals surface area (Å²) in [6, 6.07) is 1.99. The summed E-state index contributed by atoms with van der Waals surface area (Å²) >= 11 is 0. The van der Waals surface area contributed by atoms with Gasteiger partial charge in [0, 0.05) is 24.0 Å². The fourth-order valence-electron chi connectivity index (χ4n) is 4.49. The number of aromatic nitrogens is 3. The number of hydrogen-bond donors (Lipinski definition) is 1. The first-order valence-electron chi connectivity index (χ1n) is 10.1. The monoisotopic (exact) mass is 392 g/mol. The van der Waals surface area contributed by atoms with Crippen LogP contribution in [0.15, 0.2) is 52.0 Å². The van der Waals surface area contributed by atoms with Crippen LogP contribution in [0.1, 0.15) is 43.1 Å². The number of rotatable bonds is 3. The molecule has 1 aliphatic carbocycles. The molecule has 1 amide bonds. The number of methoxy groups -OCH3 is 1. The van der Waals surface area contributed by atoms with E-state index in [-0.39, 0.29) is 17.7 Å². The smallest absolute Gasteiger partial charge is 0.234 e. The molecule has 2 atom stereocenters. The summed E-state index contributed by atoms with van der Waals surface area (Å²) in [5.74, 6) is 2.01. The van der Waals surface area contributed by atoms with Crippen LogP contribution in [0.2, 0.25) is 0 Å². The minimum atomic E-state index is -0.150. The van der Waals surface area contributed by atoms with Crippen LogP contribution in [0.25, 0.3) is 11.5 Å². The lowest BCUT2D eigenvalue weighted by atomic mass is 9.86. The Morgan fingerprint density at radius 1 is 1.31 bits per heavy atom. The van der Waals surface area contributed by atoms with Gasteiger partial charge in [0.2, 0.25) is 17.6 Å². The highest BCUT2D eigenvalue weighted by Gasteiger charge is 2.38. The van der Waals surface area contributed by atoms with Crippen molar-refractivity contribution in [3.63, 3.8) is 0 Å². The van der Waals surface area contributed by atoms with E-state index in [2.05, 4.69) is 33.4 Å². The van der Waals surface area contributed by atoms with Gasteiger partial charge in [0.15, 0.2) is 0 Å². The molecule has 0 aromatic carbocycles. The molecule has 0 saturated carbocycles. The molecule has 0 spiro atoms. The summed E-state index contributed by atoms with van der Waals surface area (Å²) in [6.07, 6.45) is 11.5. The second kappa shape index (κ2) is 7.06. The largest absolute Gasteiger partial charge is 0.497 e. The van der Waals surface area contributed by atoms with Gasteiger partial charge in [-0.3, -0.25) is 4.79 Å². The number of hydrogen-bond acceptors (Lipinski definition) is 5. The Kier molecular flexibility index (Phi) is 4.38. The zero-order valence-corrected chi connectivity index (χ0v) is 16.6. The fourth-order valence-corrected chi connectivity index (χ4v) is 4.49. The van der Waals surface area contributed by atoms with Gasteiger partial charge in [-0.15, -0.1) is 0 Å². The van der Waals surface area contributed by atoms with Crippen molar-refractivity contribution in [3.05, 3.63) is 59.0 Å². The van der Waals surface area contributed by atoms with E-state index in [1.54, 1.807) is 7.11 Å². The summed E-state index contributed by atoms with van der Waals surface area (Å²) in [5.41, 5.74) is 4.01. The Morgan fingerprint density at radius 2 is 2.21 bits per heavy atom. The number of aromatic amines is 1. The maximum absolute atomic E-state index is 13.4. The molecule has 1 saturated heterocycles. The molecule has 0 bridgehead atoms. The topological polar surface area (TPSA) is 84.2 Å². The highest BCUT2D eigenvalue weighted by Crippen LogP contribution is 2.39. The van der Waals surface area contributed by atoms with Crippen molar-refractivity contribution < 1.29 is 14.1 Å². The maximum Gasteiger partial charge on any atom is 0.234 e. The van der Waals surface area contributed by atoms with Crippen molar-refractivity contribution in [2.45, 2.75) is 38.5 Å². The number of fused-ring (bicyclic) bond motifs is 2. The van der Waals surface area contributed by atoms with Gasteiger partial charge in [-0.2, -0.15) is 4.98 Å². The van der Waals surface area contributed by atoms with E-state index in [4.69, 9.17) is 9.26 Å². The number of allylic oxidation sites excluding steroid dienone is 5. The summed E-state index contributed by atoms with van der Waals surface area (Å²) < 4.78 is 11.1. The van der Waals surface area contributed by atoms with E-state index < -0.39 is 0 Å². The van der Waals surface area contributed by atoms with E-state index in [0.29, 0.717) is 18.3 Å². The lowest BCUT2D eigenvalue weighted by Gasteiger charge is -2.35. The molecular formula is C22H24N4O3. The molecule has 2 aromatic rings. The van der Waals surface area contributed by atoms with Crippen LogP contribution >= 0.6 is 0 Å². The van der Waals surface area contributed by atoms with Gasteiger partial charge in [-0.1, -0.05) is 11.2 Å². The quantitative estimate of drug-likeness (QED) is 0.858. The lowest BCUT2D eigenvalue weighted by Crippen LogP contribution is -2.41. The average Bonchev–Trinajstić information content (AvgIpc) is 3.37. The number of carbonyl (C=O) groups excluding carboxylic acids is 1. The second-order valence-electron chi connectivity index (χ2n) is 7.91. The van der Waals surface area contributed by atoms with Crippen LogP contribution in [0, 0.1) is 12.8 Å². The molecule has 1 N–H and O–H groups in total. The first-order valence-corrected chi connectivity index (χ1v) is 10.1. The predicted octanol–water partition coefficient (Wildman–Crippen LogP) is 3.84. The van der Waals surface area contributed by atoms with Gasteiger partial charge in [0.25, 0.3) is 0 Å². The summed E-state index contributed by atoms with van der Waals surface area (Å²) in [6.45, 7) is 2.58. The van der Waals surface area contributed by atoms with E-state index in [9.17, 15) is 4.79 Å². The fraction of sp³-hybridized carbons (Fsp3) is 0.409. The zero-order valence-electron chi connectivity index (χ0n) is 16.6. The minimum Gasteiger partial charge on any atom is -0.497 e. The molecule has 0 unspecified atom stereocenters. The molecule has 0 radical (unpaired) electrons. The molecule has 3 aliphatic rings. The molecule has 1 fully saturated rings. The number of nitrogens with one attached hydrogen (secondary N) is 1. The van der Waals surface area contributed by atoms with Crippen molar-refractivity contribution in [1.29, 1.82) is 0 Å². The summed E-state index contributed by atoms with van der Waals surface area (Å²) in [7, 11) is 1.67. The Morgan fingerprint density at radius 3 is 3.00 bits per heavy atom. The number of aryl methyl sites for hydroxylation is 1. The Balaban J connectivity index is 1.38. The number of carbonyl (C=O) groups is 1. The van der Waals surface area contributed by atoms with Crippen molar-refractivity contribution in [2.24, 2.45) is 5.92 Å². The normalized spacial score (nSPS) is 24.1. The Hall–Kier alpha value is -3.09. The van der Waals surface area contributed by atoms with Crippen molar-refractivity contribution >= 4 is 5.91 Å². The van der Waals surface area contributed by atoms with Crippen LogP contribution in [-0.2, 0) is 9.53 Å². The minimum absolute atomic E-state index is 0.0380. The van der Waals surface area contributed by atoms with Gasteiger partial charge in [0.1, 0.15) is 5.76 Å². The van der Waals surface area contributed by atoms with Gasteiger partial charge in [-0.25, -0.2) is 0 Å². The van der Waals surface area contributed by atoms with Crippen LogP contribution in [0.3, 0.4) is 0 Å². The number of nitrogens with zero attached hydrogens (tertiary/aromatic N) is 3. The van der Waals surface area contributed by atoms with Crippen molar-refractivity contribution in [3.8, 4) is 11.5 Å². The van der Waals surface area contributed by atoms with E-state index in [1.165, 1.54) is 0 Å². The third-order valence-electron chi connectivity index (χ3n) is 6.04. The molecule has 150 valence electrons. The number of piperidine rings is 1. The molecule has 29 heavy (non-hydrogen) atoms. The highest BCUT2D eigenvalue weighted by atomic mass is 16.5. The number of amides is 1. The Bertz CT molecular complexity index is 1040. The first-order chi connectivity index (χ1) is 14.1. The SMILES string of the molecule is COC1=CCC[C@H]2C(=O)N3C[C@H](c4nc(-c5cc(C)c[nH]5)no4)CCC3=CC=C12. The molecule has 2 aliphatic heterocycles. The lowest BCUT2D eigenvalue weighted by molar-refractivity contribution is -0.133. The van der Waals surface area contributed by atoms with E-state index in [0.717, 1.165) is 54.0 Å². The molecule has 7 heteroatoms. The third kappa shape index (κ3) is 3.10. The summed E-state index contributed by atoms with van der Waals surface area (Å²) in [4.78, 5) is 23.1. The number of H-pyrrole nitrogens is 1. The first kappa shape index (κ1) is 18.0. The summed E-state index contributed by atoms with van der Waals surface area (Å²) in [5, 5.41) is 4.13. The molecule has 4 heterocycles. The molecule has 5 rings (SSSR count). The van der Waals surface area contributed by atoms with Gasteiger partial charge >= 0.3 is 0 Å². The van der Waals surface area contributed by atoms with Gasteiger partial charge in [0.05, 0.1) is 24.6 Å². The standard InChI is InChI=1S/C22H24N4O3/c1-13-10-18(23-11-13)20-24-21(29-25-20)14-6-7-15-8-9-16-17(22(27)26(15)12-14)4-3-5-19(16)28-2/h5,8-11,14,17,23H,3-4,6-7,12H2,1-2H3/t14-,17-/m1/s1. The van der Waals surface area contributed by atoms with Crippen LogP contribution < -0.4 is 0 Å². The average molecular weight is 392 g/mol. The van der Waals surface area contributed by atoms with Crippen molar-refractivity contribution in [1.82, 2.24) is 20.0 Å². The molecule has 2 aromatic heterocycles. The van der Waals surface area contributed by atoms with Crippen LogP contribution in [-0.4, -0.2) is 39.6 Å². The molecule has 7 nitrogen and oxygen atoms in total. The van der Waals surface area contributed by atoms with Gasteiger partial charge in [-0.05, 0) is 56.4 Å². The predicted molar refractivity (Wildman–Crippen MR) is 106 cm³/mol. The second-order valence-corrected chi connectivity index (χ2v) is 7.91. The van der Waals surface area contributed by atoms with E-state index >= 15 is 0 Å². The highest BCUT2D eigenvalue weighted by molar-refractivity contribution is 5.85.